The third-order valence-corrected chi connectivity index (χ3v) is 3.25. The summed E-state index contributed by atoms with van der Waals surface area (Å²) in [5.74, 6) is -2.56. The van der Waals surface area contributed by atoms with Gasteiger partial charge in [-0.25, -0.2) is 4.39 Å². The van der Waals surface area contributed by atoms with Crippen molar-refractivity contribution in [3.05, 3.63) is 59.5 Å². The molecule has 0 saturated carbocycles. The highest BCUT2D eigenvalue weighted by Crippen LogP contribution is 2.32. The SMILES string of the molecule is O=C(Nc1ccc2[nH]ncc2c1)c1cccc(C(F)(F)F)c1F. The normalized spacial score (nSPS) is 11.7. The first-order valence-corrected chi connectivity index (χ1v) is 6.46. The van der Waals surface area contributed by atoms with E-state index < -0.39 is 29.0 Å². The van der Waals surface area contributed by atoms with E-state index in [9.17, 15) is 22.4 Å². The van der Waals surface area contributed by atoms with Crippen molar-refractivity contribution >= 4 is 22.5 Å². The Hall–Kier alpha value is -2.90. The lowest BCUT2D eigenvalue weighted by Crippen LogP contribution is -2.17. The van der Waals surface area contributed by atoms with E-state index >= 15 is 0 Å². The zero-order valence-corrected chi connectivity index (χ0v) is 11.4. The predicted molar refractivity (Wildman–Crippen MR) is 75.4 cm³/mol. The third kappa shape index (κ3) is 2.87. The molecule has 3 rings (SSSR count). The van der Waals surface area contributed by atoms with Crippen molar-refractivity contribution in [3.8, 4) is 0 Å². The lowest BCUT2D eigenvalue weighted by molar-refractivity contribution is -0.140. The third-order valence-electron chi connectivity index (χ3n) is 3.25. The van der Waals surface area contributed by atoms with E-state index in [-0.39, 0.29) is 0 Å². The van der Waals surface area contributed by atoms with Gasteiger partial charge >= 0.3 is 6.18 Å². The Bertz CT molecular complexity index is 886. The molecule has 0 bridgehead atoms. The monoisotopic (exact) mass is 323 g/mol. The van der Waals surface area contributed by atoms with Gasteiger partial charge in [-0.2, -0.15) is 18.3 Å². The fourth-order valence-corrected chi connectivity index (χ4v) is 2.15. The molecule has 1 amide bonds. The summed E-state index contributed by atoms with van der Waals surface area (Å²) in [6, 6.07) is 7.31. The van der Waals surface area contributed by atoms with E-state index in [1.54, 1.807) is 12.1 Å². The summed E-state index contributed by atoms with van der Waals surface area (Å²) in [6.07, 6.45) is -3.34. The number of aromatic nitrogens is 2. The molecule has 0 radical (unpaired) electrons. The molecule has 0 aliphatic carbocycles. The minimum Gasteiger partial charge on any atom is -0.322 e. The average Bonchev–Trinajstić information content (AvgIpc) is 2.93. The minimum absolute atomic E-state index is 0.320. The lowest BCUT2D eigenvalue weighted by Gasteiger charge is -2.11. The molecule has 0 aliphatic rings. The van der Waals surface area contributed by atoms with Crippen LogP contribution in [0.4, 0.5) is 23.2 Å². The maximum Gasteiger partial charge on any atom is 0.419 e. The number of H-pyrrole nitrogens is 1. The molecule has 0 atom stereocenters. The highest BCUT2D eigenvalue weighted by Gasteiger charge is 2.35. The number of halogens is 4. The predicted octanol–water partition coefficient (Wildman–Crippen LogP) is 3.97. The Morgan fingerprint density at radius 3 is 2.70 bits per heavy atom. The van der Waals surface area contributed by atoms with Crippen LogP contribution in [0.3, 0.4) is 0 Å². The van der Waals surface area contributed by atoms with E-state index in [1.807, 2.05) is 0 Å². The van der Waals surface area contributed by atoms with Gasteiger partial charge in [0, 0.05) is 11.1 Å². The second-order valence-electron chi connectivity index (χ2n) is 4.79. The summed E-state index contributed by atoms with van der Waals surface area (Å²) in [5, 5.41) is 9.60. The van der Waals surface area contributed by atoms with Crippen molar-refractivity contribution < 1.29 is 22.4 Å². The Kier molecular flexibility index (Phi) is 3.51. The van der Waals surface area contributed by atoms with Crippen LogP contribution >= 0.6 is 0 Å². The van der Waals surface area contributed by atoms with Crippen molar-refractivity contribution in [2.24, 2.45) is 0 Å². The van der Waals surface area contributed by atoms with Crippen molar-refractivity contribution in [1.29, 1.82) is 0 Å². The molecule has 0 unspecified atom stereocenters. The van der Waals surface area contributed by atoms with Crippen molar-refractivity contribution in [1.82, 2.24) is 10.2 Å². The molecular weight excluding hydrogens is 314 g/mol. The van der Waals surface area contributed by atoms with Crippen LogP contribution in [0.1, 0.15) is 15.9 Å². The molecule has 0 fully saturated rings. The fourth-order valence-electron chi connectivity index (χ4n) is 2.15. The summed E-state index contributed by atoms with van der Waals surface area (Å²) in [4.78, 5) is 12.0. The summed E-state index contributed by atoms with van der Waals surface area (Å²) in [5.41, 5.74) is -1.10. The van der Waals surface area contributed by atoms with Gasteiger partial charge < -0.3 is 5.32 Å². The zero-order chi connectivity index (χ0) is 16.6. The standard InChI is InChI=1S/C15H9F4N3O/c16-13-10(2-1-3-11(13)15(17,18)19)14(23)21-9-4-5-12-8(6-9)7-20-22-12/h1-7H,(H,20,22)(H,21,23). The van der Waals surface area contributed by atoms with Crippen LogP contribution < -0.4 is 5.32 Å². The molecule has 0 spiro atoms. The highest BCUT2D eigenvalue weighted by atomic mass is 19.4. The van der Waals surface area contributed by atoms with Crippen molar-refractivity contribution in [3.63, 3.8) is 0 Å². The molecule has 118 valence electrons. The van der Waals surface area contributed by atoms with Gasteiger partial charge in [-0.1, -0.05) is 6.07 Å². The number of amides is 1. The minimum atomic E-state index is -4.87. The highest BCUT2D eigenvalue weighted by molar-refractivity contribution is 6.05. The number of anilines is 1. The molecule has 23 heavy (non-hydrogen) atoms. The fraction of sp³-hybridized carbons (Fsp3) is 0.0667. The van der Waals surface area contributed by atoms with Crippen LogP contribution in [0.5, 0.6) is 0 Å². The number of aromatic amines is 1. The molecule has 3 aromatic rings. The molecule has 0 saturated heterocycles. The van der Waals surface area contributed by atoms with Gasteiger partial charge in [0.25, 0.3) is 5.91 Å². The van der Waals surface area contributed by atoms with Gasteiger partial charge in [0.2, 0.25) is 0 Å². The number of hydrogen-bond acceptors (Lipinski definition) is 2. The molecule has 0 aliphatic heterocycles. The van der Waals surface area contributed by atoms with Crippen LogP contribution in [0.15, 0.2) is 42.6 Å². The van der Waals surface area contributed by atoms with E-state index in [0.717, 1.165) is 17.6 Å². The molecule has 2 aromatic carbocycles. The molecule has 2 N–H and O–H groups in total. The van der Waals surface area contributed by atoms with Crippen molar-refractivity contribution in [2.75, 3.05) is 5.32 Å². The van der Waals surface area contributed by atoms with Crippen LogP contribution in [0.2, 0.25) is 0 Å². The zero-order valence-electron chi connectivity index (χ0n) is 11.4. The summed E-state index contributed by atoms with van der Waals surface area (Å²) in [6.45, 7) is 0. The Morgan fingerprint density at radius 2 is 1.96 bits per heavy atom. The van der Waals surface area contributed by atoms with Crippen LogP contribution in [-0.2, 0) is 6.18 Å². The second-order valence-corrected chi connectivity index (χ2v) is 4.79. The summed E-state index contributed by atoms with van der Waals surface area (Å²) < 4.78 is 52.0. The number of carbonyl (C=O) groups is 1. The first-order valence-electron chi connectivity index (χ1n) is 6.46. The van der Waals surface area contributed by atoms with E-state index in [4.69, 9.17) is 0 Å². The summed E-state index contributed by atoms with van der Waals surface area (Å²) >= 11 is 0. The molecule has 1 heterocycles. The number of rotatable bonds is 2. The van der Waals surface area contributed by atoms with Crippen LogP contribution in [-0.4, -0.2) is 16.1 Å². The Balaban J connectivity index is 1.91. The number of benzene rings is 2. The van der Waals surface area contributed by atoms with Gasteiger partial charge in [0.1, 0.15) is 5.82 Å². The number of carbonyl (C=O) groups excluding carboxylic acids is 1. The van der Waals surface area contributed by atoms with E-state index in [2.05, 4.69) is 15.5 Å². The average molecular weight is 323 g/mol. The van der Waals surface area contributed by atoms with Gasteiger partial charge in [-0.15, -0.1) is 0 Å². The molecule has 4 nitrogen and oxygen atoms in total. The quantitative estimate of drug-likeness (QED) is 0.701. The van der Waals surface area contributed by atoms with E-state index in [1.165, 1.54) is 12.3 Å². The number of nitrogens with zero attached hydrogens (tertiary/aromatic N) is 1. The topological polar surface area (TPSA) is 57.8 Å². The second kappa shape index (κ2) is 5.38. The first-order chi connectivity index (χ1) is 10.9. The molecule has 8 heteroatoms. The Morgan fingerprint density at radius 1 is 1.17 bits per heavy atom. The van der Waals surface area contributed by atoms with Gasteiger partial charge in [-0.05, 0) is 30.3 Å². The van der Waals surface area contributed by atoms with Gasteiger partial charge in [0.15, 0.2) is 0 Å². The molecular formula is C15H9F4N3O. The maximum absolute atomic E-state index is 13.9. The van der Waals surface area contributed by atoms with Gasteiger partial charge in [0.05, 0.1) is 22.8 Å². The summed E-state index contributed by atoms with van der Waals surface area (Å²) in [7, 11) is 0. The Labute approximate surface area is 127 Å². The van der Waals surface area contributed by atoms with Crippen LogP contribution in [0, 0.1) is 5.82 Å². The van der Waals surface area contributed by atoms with Crippen LogP contribution in [0.25, 0.3) is 10.9 Å². The number of fused-ring (bicyclic) bond motifs is 1. The van der Waals surface area contributed by atoms with E-state index in [0.29, 0.717) is 17.1 Å². The van der Waals surface area contributed by atoms with Crippen molar-refractivity contribution in [2.45, 2.75) is 6.18 Å². The molecule has 1 aromatic heterocycles. The maximum atomic E-state index is 13.9. The number of hydrogen-bond donors (Lipinski definition) is 2. The smallest absolute Gasteiger partial charge is 0.322 e. The number of nitrogens with one attached hydrogen (secondary N) is 2. The largest absolute Gasteiger partial charge is 0.419 e. The number of alkyl halides is 3. The van der Waals surface area contributed by atoms with Gasteiger partial charge in [-0.3, -0.25) is 9.89 Å². The lowest BCUT2D eigenvalue weighted by atomic mass is 10.1. The first kappa shape index (κ1) is 15.0.